The maximum Gasteiger partial charge on any atom is 0.0478 e. The molecule has 2 nitrogen and oxygen atoms in total. The van der Waals surface area contributed by atoms with Gasteiger partial charge in [0.15, 0.2) is 0 Å². The van der Waals surface area contributed by atoms with Crippen LogP contribution in [0.25, 0.3) is 0 Å². The molecule has 0 amide bonds. The first-order valence-electron chi connectivity index (χ1n) is 6.42. The van der Waals surface area contributed by atoms with Gasteiger partial charge in [0.05, 0.1) is 0 Å². The van der Waals surface area contributed by atoms with E-state index < -0.39 is 0 Å². The topological polar surface area (TPSA) is 6.48 Å². The van der Waals surface area contributed by atoms with Crippen molar-refractivity contribution in [1.82, 2.24) is 9.80 Å². The fraction of sp³-hybridized carbons (Fsp3) is 1.00. The zero-order chi connectivity index (χ0) is 10.3. The van der Waals surface area contributed by atoms with E-state index in [0.29, 0.717) is 5.38 Å². The van der Waals surface area contributed by atoms with Crippen LogP contribution in [0.4, 0.5) is 0 Å². The third-order valence-corrected chi connectivity index (χ3v) is 4.52. The summed E-state index contributed by atoms with van der Waals surface area (Å²) in [5.74, 6) is 1.08. The SMILES string of the molecule is ClC1CC2CN(CCC3CC3)CCN2C1. The molecule has 3 fully saturated rings. The highest BCUT2D eigenvalue weighted by Crippen LogP contribution is 2.33. The van der Waals surface area contributed by atoms with Crippen LogP contribution in [-0.2, 0) is 0 Å². The van der Waals surface area contributed by atoms with Crippen LogP contribution in [0, 0.1) is 5.92 Å². The van der Waals surface area contributed by atoms with Gasteiger partial charge < -0.3 is 4.90 Å². The molecular weight excluding hydrogens is 208 g/mol. The Morgan fingerprint density at radius 3 is 2.80 bits per heavy atom. The van der Waals surface area contributed by atoms with Gasteiger partial charge in [-0.1, -0.05) is 12.8 Å². The lowest BCUT2D eigenvalue weighted by Gasteiger charge is -2.37. The number of hydrogen-bond acceptors (Lipinski definition) is 2. The molecule has 0 spiro atoms. The average molecular weight is 229 g/mol. The smallest absolute Gasteiger partial charge is 0.0478 e. The fourth-order valence-electron chi connectivity index (χ4n) is 3.02. The summed E-state index contributed by atoms with van der Waals surface area (Å²) in [6.07, 6.45) is 5.64. The largest absolute Gasteiger partial charge is 0.301 e. The molecular formula is C12H21ClN2. The van der Waals surface area contributed by atoms with Gasteiger partial charge in [-0.3, -0.25) is 4.90 Å². The van der Waals surface area contributed by atoms with Crippen molar-refractivity contribution in [1.29, 1.82) is 0 Å². The van der Waals surface area contributed by atoms with E-state index in [1.54, 1.807) is 0 Å². The van der Waals surface area contributed by atoms with Crippen LogP contribution >= 0.6 is 11.6 Å². The molecule has 86 valence electrons. The lowest BCUT2D eigenvalue weighted by molar-refractivity contribution is 0.102. The molecule has 1 saturated carbocycles. The summed E-state index contributed by atoms with van der Waals surface area (Å²) in [7, 11) is 0. The molecule has 2 unspecified atom stereocenters. The van der Waals surface area contributed by atoms with Crippen molar-refractivity contribution < 1.29 is 0 Å². The van der Waals surface area contributed by atoms with E-state index in [0.717, 1.165) is 18.5 Å². The minimum atomic E-state index is 0.415. The Kier molecular flexibility index (Phi) is 2.92. The first kappa shape index (κ1) is 10.4. The monoisotopic (exact) mass is 228 g/mol. The van der Waals surface area contributed by atoms with Crippen LogP contribution in [0.5, 0.6) is 0 Å². The van der Waals surface area contributed by atoms with Gasteiger partial charge in [0.25, 0.3) is 0 Å². The van der Waals surface area contributed by atoms with Gasteiger partial charge in [0.1, 0.15) is 0 Å². The number of alkyl halides is 1. The predicted molar refractivity (Wildman–Crippen MR) is 63.4 cm³/mol. The maximum atomic E-state index is 6.21. The van der Waals surface area contributed by atoms with Crippen LogP contribution in [0.3, 0.4) is 0 Å². The molecule has 3 rings (SSSR count). The first-order chi connectivity index (χ1) is 7.31. The lowest BCUT2D eigenvalue weighted by Crippen LogP contribution is -2.50. The number of nitrogens with zero attached hydrogens (tertiary/aromatic N) is 2. The van der Waals surface area contributed by atoms with E-state index in [2.05, 4.69) is 9.80 Å². The Bertz CT molecular complexity index is 230. The van der Waals surface area contributed by atoms with E-state index in [1.807, 2.05) is 0 Å². The normalized spacial score (nSPS) is 38.2. The highest BCUT2D eigenvalue weighted by molar-refractivity contribution is 6.21. The van der Waals surface area contributed by atoms with Gasteiger partial charge in [-0.2, -0.15) is 0 Å². The van der Waals surface area contributed by atoms with E-state index >= 15 is 0 Å². The molecule has 0 bridgehead atoms. The second kappa shape index (κ2) is 4.23. The molecule has 2 atom stereocenters. The van der Waals surface area contributed by atoms with E-state index in [-0.39, 0.29) is 0 Å². The van der Waals surface area contributed by atoms with Crippen molar-refractivity contribution in [3.8, 4) is 0 Å². The summed E-state index contributed by atoms with van der Waals surface area (Å²) < 4.78 is 0. The summed E-state index contributed by atoms with van der Waals surface area (Å²) in [4.78, 5) is 5.25. The Hall–Kier alpha value is 0.210. The standard InChI is InChI=1S/C12H21ClN2/c13-11-7-12-9-14(4-3-10-1-2-10)5-6-15(12)8-11/h10-12H,1-9H2. The van der Waals surface area contributed by atoms with Gasteiger partial charge in [0, 0.05) is 37.6 Å². The number of fused-ring (bicyclic) bond motifs is 1. The van der Waals surface area contributed by atoms with Crippen molar-refractivity contribution >= 4 is 11.6 Å². The van der Waals surface area contributed by atoms with Crippen molar-refractivity contribution in [2.24, 2.45) is 5.92 Å². The van der Waals surface area contributed by atoms with Gasteiger partial charge in [-0.05, 0) is 25.3 Å². The Morgan fingerprint density at radius 1 is 1.13 bits per heavy atom. The zero-order valence-corrected chi connectivity index (χ0v) is 10.1. The molecule has 0 radical (unpaired) electrons. The van der Waals surface area contributed by atoms with Gasteiger partial charge >= 0.3 is 0 Å². The molecule has 1 aliphatic carbocycles. The molecule has 0 aromatic carbocycles. The third kappa shape index (κ3) is 2.48. The maximum absolute atomic E-state index is 6.21. The minimum Gasteiger partial charge on any atom is -0.301 e. The zero-order valence-electron chi connectivity index (χ0n) is 9.37. The van der Waals surface area contributed by atoms with Gasteiger partial charge in [0.2, 0.25) is 0 Å². The summed E-state index contributed by atoms with van der Waals surface area (Å²) in [6.45, 7) is 6.26. The fourth-order valence-corrected chi connectivity index (χ4v) is 3.40. The lowest BCUT2D eigenvalue weighted by atomic mass is 10.1. The molecule has 3 heteroatoms. The summed E-state index contributed by atoms with van der Waals surface area (Å²) in [6, 6.07) is 0.764. The van der Waals surface area contributed by atoms with Crippen LogP contribution in [-0.4, -0.2) is 53.9 Å². The first-order valence-corrected chi connectivity index (χ1v) is 6.85. The third-order valence-electron chi connectivity index (χ3n) is 4.20. The van der Waals surface area contributed by atoms with E-state index in [9.17, 15) is 0 Å². The van der Waals surface area contributed by atoms with Crippen LogP contribution in [0.2, 0.25) is 0 Å². The summed E-state index contributed by atoms with van der Waals surface area (Å²) in [5, 5.41) is 0.415. The van der Waals surface area contributed by atoms with E-state index in [4.69, 9.17) is 11.6 Å². The van der Waals surface area contributed by atoms with Crippen LogP contribution < -0.4 is 0 Å². The van der Waals surface area contributed by atoms with Crippen molar-refractivity contribution in [2.45, 2.75) is 37.1 Å². The quantitative estimate of drug-likeness (QED) is 0.680. The van der Waals surface area contributed by atoms with Gasteiger partial charge in [-0.15, -0.1) is 11.6 Å². The van der Waals surface area contributed by atoms with Gasteiger partial charge in [-0.25, -0.2) is 0 Å². The number of halogens is 1. The Balaban J connectivity index is 1.47. The molecule has 2 aliphatic heterocycles. The summed E-state index contributed by atoms with van der Waals surface area (Å²) >= 11 is 6.21. The second-order valence-corrected chi connectivity index (χ2v) is 6.13. The van der Waals surface area contributed by atoms with E-state index in [1.165, 1.54) is 51.9 Å². The van der Waals surface area contributed by atoms with Crippen molar-refractivity contribution in [3.63, 3.8) is 0 Å². The highest BCUT2D eigenvalue weighted by atomic mass is 35.5. The number of hydrogen-bond donors (Lipinski definition) is 0. The highest BCUT2D eigenvalue weighted by Gasteiger charge is 2.35. The minimum absolute atomic E-state index is 0.415. The molecule has 0 aromatic rings. The summed E-state index contributed by atoms with van der Waals surface area (Å²) in [5.41, 5.74) is 0. The number of rotatable bonds is 3. The Morgan fingerprint density at radius 2 is 2.00 bits per heavy atom. The van der Waals surface area contributed by atoms with Crippen molar-refractivity contribution in [2.75, 3.05) is 32.7 Å². The predicted octanol–water partition coefficient (Wildman–Crippen LogP) is 1.78. The molecule has 0 N–H and O–H groups in total. The van der Waals surface area contributed by atoms with Crippen LogP contribution in [0.1, 0.15) is 25.7 Å². The molecule has 2 saturated heterocycles. The molecule has 15 heavy (non-hydrogen) atoms. The number of piperazine rings is 1. The molecule has 3 aliphatic rings. The Labute approximate surface area is 97.6 Å². The average Bonchev–Trinajstić information content (AvgIpc) is 2.96. The van der Waals surface area contributed by atoms with Crippen molar-refractivity contribution in [3.05, 3.63) is 0 Å². The molecule has 2 heterocycles. The second-order valence-electron chi connectivity index (χ2n) is 5.51. The van der Waals surface area contributed by atoms with Crippen LogP contribution in [0.15, 0.2) is 0 Å². The molecule has 0 aromatic heterocycles.